The fourth-order valence-corrected chi connectivity index (χ4v) is 3.84. The number of hydrogen-bond acceptors (Lipinski definition) is 8. The molecule has 4 atom stereocenters. The lowest BCUT2D eigenvalue weighted by Gasteiger charge is -2.28. The molecule has 1 aliphatic heterocycles. The van der Waals surface area contributed by atoms with Crippen LogP contribution in [0.15, 0.2) is 24.3 Å². The van der Waals surface area contributed by atoms with Gasteiger partial charge in [0.2, 0.25) is 29.5 Å². The van der Waals surface area contributed by atoms with Crippen molar-refractivity contribution < 1.29 is 39.0 Å². The number of nitrogens with one attached hydrogen (secondary N) is 2. The van der Waals surface area contributed by atoms with Crippen molar-refractivity contribution in [1.29, 1.82) is 0 Å². The lowest BCUT2D eigenvalue weighted by molar-refractivity contribution is -0.144. The minimum Gasteiger partial charge on any atom is -0.508 e. The first-order valence-corrected chi connectivity index (χ1v) is 11.1. The van der Waals surface area contributed by atoms with Gasteiger partial charge >= 0.3 is 5.97 Å². The Morgan fingerprint density at radius 2 is 1.58 bits per heavy atom. The lowest BCUT2D eigenvalue weighted by atomic mass is 10.0. The summed E-state index contributed by atoms with van der Waals surface area (Å²) in [6.07, 6.45) is -0.409. The molecule has 14 heteroatoms. The third kappa shape index (κ3) is 7.94. The van der Waals surface area contributed by atoms with Crippen LogP contribution in [0, 0.1) is 0 Å². The van der Waals surface area contributed by atoms with E-state index in [4.69, 9.17) is 17.2 Å². The molecular weight excluding hydrogens is 476 g/mol. The highest BCUT2D eigenvalue weighted by molar-refractivity contribution is 5.96. The van der Waals surface area contributed by atoms with Crippen molar-refractivity contribution in [3.63, 3.8) is 0 Å². The molecule has 0 bridgehead atoms. The van der Waals surface area contributed by atoms with Gasteiger partial charge in [-0.3, -0.25) is 24.0 Å². The Kier molecular flexibility index (Phi) is 9.73. The van der Waals surface area contributed by atoms with E-state index in [1.165, 1.54) is 29.2 Å². The first kappa shape index (κ1) is 28.0. The maximum Gasteiger partial charge on any atom is 0.326 e. The number of carbonyl (C=O) groups excluding carboxylic acids is 5. The number of nitrogens with two attached hydrogens (primary N) is 3. The summed E-state index contributed by atoms with van der Waals surface area (Å²) < 4.78 is 0. The first-order valence-electron chi connectivity index (χ1n) is 11.1. The zero-order chi connectivity index (χ0) is 27.0. The predicted octanol–water partition coefficient (Wildman–Crippen LogP) is -2.94. The summed E-state index contributed by atoms with van der Waals surface area (Å²) in [6, 6.07) is 0.638. The molecule has 14 nitrogen and oxygen atoms in total. The minimum atomic E-state index is -1.62. The fraction of sp³-hybridized carbons (Fsp3) is 0.455. The molecule has 1 saturated heterocycles. The second-order valence-electron chi connectivity index (χ2n) is 8.47. The van der Waals surface area contributed by atoms with Crippen molar-refractivity contribution in [3.05, 3.63) is 29.8 Å². The topological polar surface area (TPSA) is 248 Å². The van der Waals surface area contributed by atoms with Crippen molar-refractivity contribution in [3.8, 4) is 5.75 Å². The normalized spacial score (nSPS) is 17.5. The van der Waals surface area contributed by atoms with Gasteiger partial charge in [-0.15, -0.1) is 0 Å². The summed E-state index contributed by atoms with van der Waals surface area (Å²) in [4.78, 5) is 73.7. The molecule has 0 spiro atoms. The summed E-state index contributed by atoms with van der Waals surface area (Å²) >= 11 is 0. The smallest absolute Gasteiger partial charge is 0.326 e. The Balaban J connectivity index is 2.22. The van der Waals surface area contributed by atoms with Gasteiger partial charge in [-0.2, -0.15) is 0 Å². The van der Waals surface area contributed by atoms with E-state index >= 15 is 0 Å². The van der Waals surface area contributed by atoms with Crippen LogP contribution in [0.4, 0.5) is 0 Å². The van der Waals surface area contributed by atoms with E-state index in [1.807, 2.05) is 0 Å². The van der Waals surface area contributed by atoms with Crippen LogP contribution in [-0.2, 0) is 35.2 Å². The third-order valence-corrected chi connectivity index (χ3v) is 5.61. The highest BCUT2D eigenvalue weighted by atomic mass is 16.4. The van der Waals surface area contributed by atoms with E-state index in [-0.39, 0.29) is 25.1 Å². The zero-order valence-electron chi connectivity index (χ0n) is 19.4. The summed E-state index contributed by atoms with van der Waals surface area (Å²) in [7, 11) is 0. The van der Waals surface area contributed by atoms with Gasteiger partial charge in [0.1, 0.15) is 23.9 Å². The van der Waals surface area contributed by atoms with E-state index in [2.05, 4.69) is 10.6 Å². The van der Waals surface area contributed by atoms with Crippen LogP contribution in [0.3, 0.4) is 0 Å². The molecule has 1 aromatic carbocycles. The number of likely N-dealkylation sites (tertiary alicyclic amines) is 1. The van der Waals surface area contributed by atoms with Crippen LogP contribution in [0.5, 0.6) is 5.75 Å². The first-order chi connectivity index (χ1) is 16.9. The largest absolute Gasteiger partial charge is 0.508 e. The molecule has 10 N–H and O–H groups in total. The van der Waals surface area contributed by atoms with Gasteiger partial charge in [-0.1, -0.05) is 12.1 Å². The number of hydrogen-bond donors (Lipinski definition) is 7. The number of carboxylic acids is 1. The van der Waals surface area contributed by atoms with Crippen molar-refractivity contribution in [2.75, 3.05) is 6.54 Å². The van der Waals surface area contributed by atoms with Gasteiger partial charge in [-0.25, -0.2) is 4.79 Å². The van der Waals surface area contributed by atoms with Crippen LogP contribution in [-0.4, -0.2) is 81.3 Å². The van der Waals surface area contributed by atoms with E-state index in [0.717, 1.165) is 0 Å². The van der Waals surface area contributed by atoms with Gasteiger partial charge in [0.25, 0.3) is 0 Å². The number of carbonyl (C=O) groups is 6. The highest BCUT2D eigenvalue weighted by Crippen LogP contribution is 2.20. The summed E-state index contributed by atoms with van der Waals surface area (Å²) in [5.41, 5.74) is 16.4. The number of rotatable bonds is 12. The van der Waals surface area contributed by atoms with Crippen LogP contribution < -0.4 is 27.8 Å². The lowest BCUT2D eigenvalue weighted by Crippen LogP contribution is -2.57. The molecule has 1 fully saturated rings. The zero-order valence-corrected chi connectivity index (χ0v) is 19.4. The predicted molar refractivity (Wildman–Crippen MR) is 124 cm³/mol. The number of aliphatic carboxylic acids is 1. The third-order valence-electron chi connectivity index (χ3n) is 5.61. The maximum absolute atomic E-state index is 13.1. The van der Waals surface area contributed by atoms with E-state index in [0.29, 0.717) is 12.0 Å². The van der Waals surface area contributed by atoms with Crippen LogP contribution >= 0.6 is 0 Å². The van der Waals surface area contributed by atoms with Crippen LogP contribution in [0.2, 0.25) is 0 Å². The summed E-state index contributed by atoms with van der Waals surface area (Å²) in [5.74, 6) is -5.46. The number of benzene rings is 1. The molecular formula is C22H30N6O8. The Hall–Kier alpha value is -4.20. The van der Waals surface area contributed by atoms with E-state index in [1.54, 1.807) is 0 Å². The fourth-order valence-electron chi connectivity index (χ4n) is 3.84. The number of amides is 5. The Labute approximate surface area is 206 Å². The maximum atomic E-state index is 13.1. The SMILES string of the molecule is NC(=O)CC(N)C(=O)N1CCCC1C(=O)NC(Cc1ccc(O)cc1)C(=O)NC(CC(N)=O)C(=O)O. The molecule has 4 unspecified atom stereocenters. The molecule has 196 valence electrons. The van der Waals surface area contributed by atoms with Gasteiger partial charge in [0.05, 0.1) is 18.9 Å². The second kappa shape index (κ2) is 12.5. The molecule has 0 aliphatic carbocycles. The number of phenols is 1. The molecule has 1 heterocycles. The molecule has 2 rings (SSSR count). The Morgan fingerprint density at radius 1 is 0.972 bits per heavy atom. The monoisotopic (exact) mass is 506 g/mol. The van der Waals surface area contributed by atoms with Crippen molar-refractivity contribution in [1.82, 2.24) is 15.5 Å². The number of primary amides is 2. The number of aromatic hydroxyl groups is 1. The van der Waals surface area contributed by atoms with Gasteiger partial charge in [0.15, 0.2) is 0 Å². The molecule has 0 radical (unpaired) electrons. The standard InChI is InChI=1S/C22H30N6O8/c23-13(9-17(24)30)21(34)28-7-1-2-16(28)20(33)26-14(8-11-3-5-12(29)6-4-11)19(32)27-15(22(35)36)10-18(25)31/h3-6,13-16,29H,1-2,7-10,23H2,(H2,24,30)(H2,25,31)(H,26,33)(H,27,32)(H,35,36). The quantitative estimate of drug-likeness (QED) is 0.153. The molecule has 36 heavy (non-hydrogen) atoms. The summed E-state index contributed by atoms with van der Waals surface area (Å²) in [6.45, 7) is 0.206. The average molecular weight is 507 g/mol. The molecule has 5 amide bonds. The van der Waals surface area contributed by atoms with Gasteiger partial charge in [-0.05, 0) is 30.5 Å². The molecule has 0 aromatic heterocycles. The molecule has 1 aliphatic rings. The van der Waals surface area contributed by atoms with Crippen LogP contribution in [0.25, 0.3) is 0 Å². The minimum absolute atomic E-state index is 0.0244. The number of phenolic OH excluding ortho intramolecular Hbond substituents is 1. The molecule has 0 saturated carbocycles. The Bertz CT molecular complexity index is 1010. The summed E-state index contributed by atoms with van der Waals surface area (Å²) in [5, 5.41) is 23.5. The van der Waals surface area contributed by atoms with Crippen LogP contribution in [0.1, 0.15) is 31.2 Å². The highest BCUT2D eigenvalue weighted by Gasteiger charge is 2.38. The van der Waals surface area contributed by atoms with Crippen molar-refractivity contribution in [2.45, 2.75) is 56.3 Å². The van der Waals surface area contributed by atoms with Gasteiger partial charge in [0, 0.05) is 13.0 Å². The molecule has 1 aromatic rings. The van der Waals surface area contributed by atoms with E-state index in [9.17, 15) is 39.0 Å². The van der Waals surface area contributed by atoms with Gasteiger partial charge < -0.3 is 42.9 Å². The Morgan fingerprint density at radius 3 is 2.14 bits per heavy atom. The average Bonchev–Trinajstić information content (AvgIpc) is 3.28. The van der Waals surface area contributed by atoms with Crippen molar-refractivity contribution in [2.24, 2.45) is 17.2 Å². The second-order valence-corrected chi connectivity index (χ2v) is 8.47. The van der Waals surface area contributed by atoms with Crippen molar-refractivity contribution >= 4 is 35.5 Å². The number of nitrogens with zero attached hydrogens (tertiary/aromatic N) is 1. The van der Waals surface area contributed by atoms with E-state index < -0.39 is 72.5 Å². The number of carboxylic acid groups (broad SMARTS) is 1.